The van der Waals surface area contributed by atoms with Crippen molar-refractivity contribution >= 4 is 0 Å². The van der Waals surface area contributed by atoms with E-state index in [0.717, 1.165) is 18.9 Å². The van der Waals surface area contributed by atoms with Crippen molar-refractivity contribution in [2.24, 2.45) is 11.3 Å². The summed E-state index contributed by atoms with van der Waals surface area (Å²) >= 11 is 0. The van der Waals surface area contributed by atoms with Gasteiger partial charge < -0.3 is 5.32 Å². The molecule has 2 rings (SSSR count). The van der Waals surface area contributed by atoms with E-state index in [9.17, 15) is 4.39 Å². The quantitative estimate of drug-likeness (QED) is 0.749. The van der Waals surface area contributed by atoms with Crippen molar-refractivity contribution in [2.45, 2.75) is 65.3 Å². The van der Waals surface area contributed by atoms with Crippen molar-refractivity contribution in [1.82, 2.24) is 5.32 Å². The van der Waals surface area contributed by atoms with Gasteiger partial charge in [-0.1, -0.05) is 45.7 Å². The fourth-order valence-electron chi connectivity index (χ4n) is 4.19. The number of halogens is 1. The monoisotopic (exact) mass is 291 g/mol. The summed E-state index contributed by atoms with van der Waals surface area (Å²) in [6.45, 7) is 7.86. The minimum Gasteiger partial charge on any atom is -0.313 e. The molecule has 1 unspecified atom stereocenters. The number of benzene rings is 1. The van der Waals surface area contributed by atoms with E-state index >= 15 is 0 Å². The molecule has 1 nitrogen and oxygen atoms in total. The lowest BCUT2D eigenvalue weighted by molar-refractivity contribution is 0.155. The summed E-state index contributed by atoms with van der Waals surface area (Å²) in [5, 5.41) is 3.74. The standard InChI is InChI=1S/C19H30FN/c1-4-21-18(13-16-7-9-17(20)10-8-16)19(14-15(2)3)11-5-6-12-19/h7-10,15,18,21H,4-6,11-14H2,1-3H3. The molecule has 0 heterocycles. The summed E-state index contributed by atoms with van der Waals surface area (Å²) in [5.41, 5.74) is 1.68. The molecule has 1 saturated carbocycles. The molecule has 0 bridgehead atoms. The van der Waals surface area contributed by atoms with Gasteiger partial charge in [0.25, 0.3) is 0 Å². The highest BCUT2D eigenvalue weighted by atomic mass is 19.1. The number of hydrogen-bond donors (Lipinski definition) is 1. The van der Waals surface area contributed by atoms with Crippen LogP contribution in [0.2, 0.25) is 0 Å². The van der Waals surface area contributed by atoms with Gasteiger partial charge in [-0.05, 0) is 61.3 Å². The van der Waals surface area contributed by atoms with Crippen molar-refractivity contribution in [1.29, 1.82) is 0 Å². The van der Waals surface area contributed by atoms with E-state index < -0.39 is 0 Å². The second kappa shape index (κ2) is 7.40. The Hall–Kier alpha value is -0.890. The molecule has 0 aromatic heterocycles. The first kappa shape index (κ1) is 16.5. The summed E-state index contributed by atoms with van der Waals surface area (Å²) in [7, 11) is 0. The predicted molar refractivity (Wildman–Crippen MR) is 87.9 cm³/mol. The molecular formula is C19H30FN. The van der Waals surface area contributed by atoms with Crippen LogP contribution < -0.4 is 5.32 Å². The molecule has 1 aromatic carbocycles. The Morgan fingerprint density at radius 3 is 2.29 bits per heavy atom. The predicted octanol–water partition coefficient (Wildman–Crippen LogP) is 4.95. The molecule has 0 spiro atoms. The van der Waals surface area contributed by atoms with Crippen LogP contribution in [0.5, 0.6) is 0 Å². The van der Waals surface area contributed by atoms with Gasteiger partial charge in [0.05, 0.1) is 0 Å². The Balaban J connectivity index is 2.17. The lowest BCUT2D eigenvalue weighted by atomic mass is 9.71. The zero-order chi connectivity index (χ0) is 15.3. The molecule has 0 aliphatic heterocycles. The molecule has 1 aliphatic carbocycles. The highest BCUT2D eigenvalue weighted by molar-refractivity contribution is 5.18. The van der Waals surface area contributed by atoms with Crippen LogP contribution in [0.15, 0.2) is 24.3 Å². The Morgan fingerprint density at radius 2 is 1.76 bits per heavy atom. The Bertz CT molecular complexity index is 418. The van der Waals surface area contributed by atoms with Gasteiger partial charge in [-0.3, -0.25) is 0 Å². The average molecular weight is 291 g/mol. The highest BCUT2D eigenvalue weighted by Crippen LogP contribution is 2.46. The molecule has 1 fully saturated rings. The van der Waals surface area contributed by atoms with E-state index in [1.165, 1.54) is 37.7 Å². The second-order valence-corrected chi connectivity index (χ2v) is 7.11. The Kier molecular flexibility index (Phi) is 5.80. The van der Waals surface area contributed by atoms with Crippen LogP contribution in [0, 0.1) is 17.2 Å². The fourth-order valence-corrected chi connectivity index (χ4v) is 4.19. The molecule has 0 amide bonds. The Morgan fingerprint density at radius 1 is 1.14 bits per heavy atom. The number of nitrogens with one attached hydrogen (secondary N) is 1. The molecule has 118 valence electrons. The Labute approximate surface area is 129 Å². The third kappa shape index (κ3) is 4.29. The van der Waals surface area contributed by atoms with E-state index in [2.05, 4.69) is 26.1 Å². The molecule has 1 aliphatic rings. The van der Waals surface area contributed by atoms with Crippen molar-refractivity contribution < 1.29 is 4.39 Å². The minimum atomic E-state index is -0.142. The second-order valence-electron chi connectivity index (χ2n) is 7.11. The largest absolute Gasteiger partial charge is 0.313 e. The zero-order valence-electron chi connectivity index (χ0n) is 13.8. The van der Waals surface area contributed by atoms with Crippen LogP contribution >= 0.6 is 0 Å². The SMILES string of the molecule is CCNC(Cc1ccc(F)cc1)C1(CC(C)C)CCCC1. The number of likely N-dealkylation sites (N-methyl/N-ethyl adjacent to an activating group) is 1. The van der Waals surface area contributed by atoms with E-state index in [0.29, 0.717) is 11.5 Å². The van der Waals surface area contributed by atoms with Gasteiger partial charge in [0.1, 0.15) is 5.82 Å². The van der Waals surface area contributed by atoms with E-state index in [1.807, 2.05) is 12.1 Å². The molecule has 0 saturated heterocycles. The van der Waals surface area contributed by atoms with Crippen molar-refractivity contribution in [3.8, 4) is 0 Å². The molecule has 1 atom stereocenters. The van der Waals surface area contributed by atoms with Gasteiger partial charge in [-0.25, -0.2) is 4.39 Å². The lowest BCUT2D eigenvalue weighted by Crippen LogP contribution is -2.46. The van der Waals surface area contributed by atoms with Crippen LogP contribution in [0.25, 0.3) is 0 Å². The number of rotatable bonds is 7. The maximum Gasteiger partial charge on any atom is 0.123 e. The maximum atomic E-state index is 13.1. The molecule has 2 heteroatoms. The van der Waals surface area contributed by atoms with E-state index in [-0.39, 0.29) is 5.82 Å². The van der Waals surface area contributed by atoms with Crippen molar-refractivity contribution in [3.05, 3.63) is 35.6 Å². The van der Waals surface area contributed by atoms with Gasteiger partial charge in [-0.15, -0.1) is 0 Å². The molecule has 0 radical (unpaired) electrons. The van der Waals surface area contributed by atoms with Gasteiger partial charge in [-0.2, -0.15) is 0 Å². The van der Waals surface area contributed by atoms with Gasteiger partial charge in [0.15, 0.2) is 0 Å². The summed E-state index contributed by atoms with van der Waals surface area (Å²) in [5.74, 6) is 0.592. The molecule has 1 N–H and O–H groups in total. The van der Waals surface area contributed by atoms with Gasteiger partial charge >= 0.3 is 0 Å². The molecular weight excluding hydrogens is 261 g/mol. The summed E-state index contributed by atoms with van der Waals surface area (Å²) in [4.78, 5) is 0. The first-order valence-corrected chi connectivity index (χ1v) is 8.53. The van der Waals surface area contributed by atoms with Crippen LogP contribution in [-0.4, -0.2) is 12.6 Å². The lowest BCUT2D eigenvalue weighted by Gasteiger charge is -2.40. The summed E-state index contributed by atoms with van der Waals surface area (Å²) in [6.07, 6.45) is 7.71. The normalized spacial score (nSPS) is 19.1. The molecule has 1 aromatic rings. The molecule has 21 heavy (non-hydrogen) atoms. The van der Waals surface area contributed by atoms with Crippen LogP contribution in [0.4, 0.5) is 4.39 Å². The smallest absolute Gasteiger partial charge is 0.123 e. The maximum absolute atomic E-state index is 13.1. The van der Waals surface area contributed by atoms with Crippen LogP contribution in [0.3, 0.4) is 0 Å². The number of hydrogen-bond acceptors (Lipinski definition) is 1. The summed E-state index contributed by atoms with van der Waals surface area (Å²) in [6, 6.07) is 7.57. The minimum absolute atomic E-state index is 0.142. The van der Waals surface area contributed by atoms with Crippen LogP contribution in [-0.2, 0) is 6.42 Å². The van der Waals surface area contributed by atoms with Gasteiger partial charge in [0, 0.05) is 6.04 Å². The van der Waals surface area contributed by atoms with Crippen molar-refractivity contribution in [2.75, 3.05) is 6.54 Å². The first-order chi connectivity index (χ1) is 10.1. The third-order valence-electron chi connectivity index (χ3n) is 4.96. The van der Waals surface area contributed by atoms with Gasteiger partial charge in [0.2, 0.25) is 0 Å². The first-order valence-electron chi connectivity index (χ1n) is 8.53. The van der Waals surface area contributed by atoms with Crippen molar-refractivity contribution in [3.63, 3.8) is 0 Å². The van der Waals surface area contributed by atoms with Crippen LogP contribution in [0.1, 0.15) is 58.4 Å². The average Bonchev–Trinajstić information content (AvgIpc) is 2.89. The van der Waals surface area contributed by atoms with E-state index in [4.69, 9.17) is 0 Å². The highest BCUT2D eigenvalue weighted by Gasteiger charge is 2.40. The topological polar surface area (TPSA) is 12.0 Å². The van der Waals surface area contributed by atoms with E-state index in [1.54, 1.807) is 12.1 Å². The third-order valence-corrected chi connectivity index (χ3v) is 4.96. The zero-order valence-corrected chi connectivity index (χ0v) is 13.8. The fraction of sp³-hybridized carbons (Fsp3) is 0.684. The summed E-state index contributed by atoms with van der Waals surface area (Å²) < 4.78 is 13.1.